The second-order valence-electron chi connectivity index (χ2n) is 5.39. The van der Waals surface area contributed by atoms with E-state index in [4.69, 9.17) is 9.52 Å². The fraction of sp³-hybridized carbons (Fsp3) is 0.429. The van der Waals surface area contributed by atoms with Gasteiger partial charge in [0.25, 0.3) is 6.01 Å². The van der Waals surface area contributed by atoms with Crippen LogP contribution in [0.3, 0.4) is 0 Å². The lowest BCUT2D eigenvalue weighted by Crippen LogP contribution is -2.58. The van der Waals surface area contributed by atoms with Crippen molar-refractivity contribution in [3.63, 3.8) is 0 Å². The Labute approximate surface area is 120 Å². The second kappa shape index (κ2) is 4.91. The summed E-state index contributed by atoms with van der Waals surface area (Å²) in [6, 6.07) is 4.39. The Bertz CT molecular complexity index is 687. The topological polar surface area (TPSA) is 69.8 Å². The molecule has 0 radical (unpaired) electrons. The Hall–Kier alpha value is -2.31. The van der Waals surface area contributed by atoms with Crippen molar-refractivity contribution in [1.29, 1.82) is 0 Å². The molecule has 2 atom stereocenters. The van der Waals surface area contributed by atoms with Gasteiger partial charge in [0.05, 0.1) is 0 Å². The molecule has 1 aliphatic heterocycles. The molecule has 1 aromatic carbocycles. The van der Waals surface area contributed by atoms with E-state index in [1.807, 2.05) is 18.7 Å². The molecule has 1 aromatic heterocycles. The number of benzene rings is 1. The number of amides is 1. The van der Waals surface area contributed by atoms with Gasteiger partial charge in [-0.05, 0) is 26.0 Å². The van der Waals surface area contributed by atoms with Crippen LogP contribution in [0.15, 0.2) is 22.6 Å². The highest BCUT2D eigenvalue weighted by Gasteiger charge is 2.34. The van der Waals surface area contributed by atoms with Crippen molar-refractivity contribution >= 4 is 23.2 Å². The Balaban J connectivity index is 1.90. The van der Waals surface area contributed by atoms with E-state index >= 15 is 0 Å². The number of hydrogen-bond donors (Lipinski definition) is 1. The van der Waals surface area contributed by atoms with Crippen LogP contribution in [0.4, 0.5) is 15.2 Å². The summed E-state index contributed by atoms with van der Waals surface area (Å²) in [6.45, 7) is 4.62. The third-order valence-electron chi connectivity index (χ3n) is 3.82. The number of halogens is 1. The molecule has 1 saturated heterocycles. The van der Waals surface area contributed by atoms with Crippen LogP contribution in [0.5, 0.6) is 0 Å². The van der Waals surface area contributed by atoms with E-state index in [-0.39, 0.29) is 17.9 Å². The zero-order chi connectivity index (χ0) is 15.1. The van der Waals surface area contributed by atoms with Gasteiger partial charge in [-0.2, -0.15) is 4.98 Å². The molecule has 7 heteroatoms. The highest BCUT2D eigenvalue weighted by atomic mass is 19.1. The lowest BCUT2D eigenvalue weighted by molar-refractivity contribution is 0.113. The first-order valence-corrected chi connectivity index (χ1v) is 6.78. The molecule has 0 bridgehead atoms. The molecular weight excluding hydrogens is 277 g/mol. The Morgan fingerprint density at radius 2 is 2.14 bits per heavy atom. The molecule has 1 amide bonds. The predicted molar refractivity (Wildman–Crippen MR) is 75.0 cm³/mol. The Morgan fingerprint density at radius 3 is 2.86 bits per heavy atom. The molecule has 2 aromatic rings. The molecule has 0 unspecified atom stereocenters. The van der Waals surface area contributed by atoms with Crippen LogP contribution in [0.2, 0.25) is 0 Å². The van der Waals surface area contributed by atoms with Crippen LogP contribution in [-0.2, 0) is 0 Å². The lowest BCUT2D eigenvalue weighted by atomic mass is 10.1. The second-order valence-corrected chi connectivity index (χ2v) is 5.39. The van der Waals surface area contributed by atoms with Gasteiger partial charge in [-0.15, -0.1) is 0 Å². The van der Waals surface area contributed by atoms with Gasteiger partial charge >= 0.3 is 6.09 Å². The van der Waals surface area contributed by atoms with E-state index in [0.29, 0.717) is 30.2 Å². The van der Waals surface area contributed by atoms with Crippen molar-refractivity contribution in [3.05, 3.63) is 24.0 Å². The maximum Gasteiger partial charge on any atom is 0.407 e. The molecule has 0 aliphatic carbocycles. The minimum absolute atomic E-state index is 0.0600. The zero-order valence-electron chi connectivity index (χ0n) is 11.8. The Morgan fingerprint density at radius 1 is 1.38 bits per heavy atom. The van der Waals surface area contributed by atoms with Gasteiger partial charge in [-0.3, -0.25) is 0 Å². The van der Waals surface area contributed by atoms with E-state index in [0.717, 1.165) is 0 Å². The number of anilines is 1. The summed E-state index contributed by atoms with van der Waals surface area (Å²) in [5.41, 5.74) is 0.984. The number of piperazine rings is 1. The van der Waals surface area contributed by atoms with Crippen molar-refractivity contribution < 1.29 is 18.7 Å². The normalized spacial score (nSPS) is 22.8. The molecule has 112 valence electrons. The summed E-state index contributed by atoms with van der Waals surface area (Å²) in [5, 5.41) is 9.15. The van der Waals surface area contributed by atoms with Crippen molar-refractivity contribution in [2.45, 2.75) is 25.9 Å². The van der Waals surface area contributed by atoms with Crippen LogP contribution < -0.4 is 4.90 Å². The Kier molecular flexibility index (Phi) is 3.19. The maximum absolute atomic E-state index is 13.2. The molecule has 3 rings (SSSR count). The number of aromatic nitrogens is 1. The smallest absolute Gasteiger partial charge is 0.407 e. The number of carbonyl (C=O) groups is 1. The first kappa shape index (κ1) is 13.7. The van der Waals surface area contributed by atoms with Crippen LogP contribution in [0.25, 0.3) is 11.1 Å². The molecule has 6 nitrogen and oxygen atoms in total. The van der Waals surface area contributed by atoms with Gasteiger partial charge in [0.2, 0.25) is 0 Å². The molecule has 0 saturated carbocycles. The van der Waals surface area contributed by atoms with Crippen LogP contribution >= 0.6 is 0 Å². The van der Waals surface area contributed by atoms with Gasteiger partial charge in [0, 0.05) is 31.2 Å². The highest BCUT2D eigenvalue weighted by Crippen LogP contribution is 2.27. The number of carboxylic acid groups (broad SMARTS) is 1. The van der Waals surface area contributed by atoms with Gasteiger partial charge < -0.3 is 19.3 Å². The quantitative estimate of drug-likeness (QED) is 0.875. The molecule has 21 heavy (non-hydrogen) atoms. The first-order chi connectivity index (χ1) is 9.95. The van der Waals surface area contributed by atoms with Gasteiger partial charge in [-0.25, -0.2) is 9.18 Å². The van der Waals surface area contributed by atoms with Crippen molar-refractivity contribution in [3.8, 4) is 0 Å². The molecule has 0 spiro atoms. The average molecular weight is 293 g/mol. The molecule has 1 fully saturated rings. The summed E-state index contributed by atoms with van der Waals surface area (Å²) in [5.74, 6) is -0.373. The van der Waals surface area contributed by atoms with Crippen molar-refractivity contribution in [2.75, 3.05) is 18.0 Å². The van der Waals surface area contributed by atoms with Crippen LogP contribution in [0.1, 0.15) is 13.8 Å². The monoisotopic (exact) mass is 293 g/mol. The van der Waals surface area contributed by atoms with Gasteiger partial charge in [0.15, 0.2) is 5.58 Å². The SMILES string of the molecule is C[C@@H]1CN(c2nc3ccc(F)cc3o2)[C@@H](C)CN1C(=O)O. The molecular formula is C14H16FN3O3. The summed E-state index contributed by atoms with van der Waals surface area (Å²) >= 11 is 0. The largest absolute Gasteiger partial charge is 0.465 e. The van der Waals surface area contributed by atoms with E-state index in [1.165, 1.54) is 17.0 Å². The lowest BCUT2D eigenvalue weighted by Gasteiger charge is -2.41. The number of oxazole rings is 1. The summed E-state index contributed by atoms with van der Waals surface area (Å²) in [7, 11) is 0. The minimum atomic E-state index is -0.923. The van der Waals surface area contributed by atoms with Crippen LogP contribution in [0, 0.1) is 5.82 Å². The third kappa shape index (κ3) is 2.39. The zero-order valence-corrected chi connectivity index (χ0v) is 11.8. The third-order valence-corrected chi connectivity index (χ3v) is 3.82. The van der Waals surface area contributed by atoms with Crippen LogP contribution in [-0.4, -0.2) is 46.3 Å². The summed E-state index contributed by atoms with van der Waals surface area (Å²) in [4.78, 5) is 18.8. The standard InChI is InChI=1S/C14H16FN3O3/c1-8-7-18(14(19)20)9(2)6-17(8)13-16-11-4-3-10(15)5-12(11)21-13/h3-5,8-9H,6-7H2,1-2H3,(H,19,20)/t8-,9+/m0/s1. The molecule has 1 aliphatic rings. The predicted octanol–water partition coefficient (Wildman–Crippen LogP) is 2.54. The number of fused-ring (bicyclic) bond motifs is 1. The number of hydrogen-bond acceptors (Lipinski definition) is 4. The number of rotatable bonds is 1. The van der Waals surface area contributed by atoms with Crippen molar-refractivity contribution in [2.24, 2.45) is 0 Å². The van der Waals surface area contributed by atoms with Crippen molar-refractivity contribution in [1.82, 2.24) is 9.88 Å². The fourth-order valence-electron chi connectivity index (χ4n) is 2.67. The number of nitrogens with zero attached hydrogens (tertiary/aromatic N) is 3. The minimum Gasteiger partial charge on any atom is -0.465 e. The molecule has 1 N–H and O–H groups in total. The van der Waals surface area contributed by atoms with E-state index < -0.39 is 6.09 Å². The van der Waals surface area contributed by atoms with Gasteiger partial charge in [-0.1, -0.05) is 0 Å². The molecule has 2 heterocycles. The van der Waals surface area contributed by atoms with E-state index in [1.54, 1.807) is 6.07 Å². The van der Waals surface area contributed by atoms with E-state index in [2.05, 4.69) is 4.98 Å². The summed E-state index contributed by atoms with van der Waals surface area (Å²) < 4.78 is 18.8. The van der Waals surface area contributed by atoms with E-state index in [9.17, 15) is 9.18 Å². The highest BCUT2D eigenvalue weighted by molar-refractivity contribution is 5.74. The summed E-state index contributed by atoms with van der Waals surface area (Å²) in [6.07, 6.45) is -0.923. The first-order valence-electron chi connectivity index (χ1n) is 6.78. The maximum atomic E-state index is 13.2. The fourth-order valence-corrected chi connectivity index (χ4v) is 2.67. The van der Waals surface area contributed by atoms with Gasteiger partial charge in [0.1, 0.15) is 11.3 Å². The average Bonchev–Trinajstić information content (AvgIpc) is 2.83.